The fourth-order valence-corrected chi connectivity index (χ4v) is 16.3. The van der Waals surface area contributed by atoms with Crippen molar-refractivity contribution in [2.75, 3.05) is 0 Å². The Morgan fingerprint density at radius 2 is 0.706 bits per heavy atom. The summed E-state index contributed by atoms with van der Waals surface area (Å²) >= 11 is 1.80. The number of hydrogen-bond donors (Lipinski definition) is 0. The maximum atomic E-state index is 12.8. The van der Waals surface area contributed by atoms with Gasteiger partial charge in [-0.3, -0.25) is 0 Å². The highest BCUT2D eigenvalue weighted by molar-refractivity contribution is 7.26. The van der Waals surface area contributed by atoms with Crippen molar-refractivity contribution in [3.05, 3.63) is 272 Å². The van der Waals surface area contributed by atoms with Gasteiger partial charge in [-0.15, -0.1) is 11.3 Å². The Morgan fingerprint density at radius 1 is 0.306 bits per heavy atom. The van der Waals surface area contributed by atoms with E-state index in [9.17, 15) is 11.8 Å². The fraction of sp³-hybridized carbons (Fsp3) is 0. The van der Waals surface area contributed by atoms with E-state index >= 15 is 0 Å². The van der Waals surface area contributed by atoms with Crippen molar-refractivity contribution in [1.29, 1.82) is 5.26 Å². The molecule has 0 fully saturated rings. The number of benzene rings is 13. The zero-order valence-corrected chi connectivity index (χ0v) is 46.2. The predicted molar refractivity (Wildman–Crippen MR) is 355 cm³/mol. The van der Waals surface area contributed by atoms with Crippen LogP contribution in [-0.2, 0) is 0 Å². The van der Waals surface area contributed by atoms with Gasteiger partial charge in [-0.2, -0.15) is 5.26 Å². The van der Waals surface area contributed by atoms with Gasteiger partial charge in [0, 0.05) is 58.6 Å². The maximum absolute atomic E-state index is 12.8. The van der Waals surface area contributed by atoms with E-state index in [1.54, 1.807) is 11.3 Å². The molecule has 5 heterocycles. The molecule has 0 atom stereocenters. The van der Waals surface area contributed by atoms with Gasteiger partial charge < -0.3 is 18.3 Å². The normalized spacial score (nSPS) is 12.2. The summed E-state index contributed by atoms with van der Waals surface area (Å²) in [5.74, 6) is 0. The van der Waals surface area contributed by atoms with E-state index < -0.39 is 0 Å². The molecular weight excluding hydrogens is 1050 g/mol. The van der Waals surface area contributed by atoms with Gasteiger partial charge in [-0.1, -0.05) is 206 Å². The Morgan fingerprint density at radius 3 is 1.25 bits per heavy atom. The second-order valence-corrected chi connectivity index (χ2v) is 23.4. The number of para-hydroxylation sites is 6. The lowest BCUT2D eigenvalue weighted by molar-refractivity contribution is 1.03. The molecule has 0 bridgehead atoms. The molecule has 0 aliphatic heterocycles. The molecule has 5 aromatic heterocycles. The van der Waals surface area contributed by atoms with E-state index in [4.69, 9.17) is 4.85 Å². The van der Waals surface area contributed by atoms with Gasteiger partial charge in [-0.05, 0) is 92.7 Å². The summed E-state index contributed by atoms with van der Waals surface area (Å²) in [7, 11) is 0. The zero-order chi connectivity index (χ0) is 55.8. The number of aromatic nitrogens is 4. The number of thiophene rings is 1. The highest BCUT2D eigenvalue weighted by atomic mass is 32.1. The topological polar surface area (TPSA) is 47.9 Å². The first-order valence-corrected chi connectivity index (χ1v) is 29.5. The lowest BCUT2D eigenvalue weighted by Crippen LogP contribution is -2.14. The summed E-state index contributed by atoms with van der Waals surface area (Å²) in [4.78, 5) is 4.87. The van der Waals surface area contributed by atoms with Crippen LogP contribution in [0.1, 0.15) is 5.56 Å². The zero-order valence-electron chi connectivity index (χ0n) is 45.3. The summed E-state index contributed by atoms with van der Waals surface area (Å²) in [5.41, 5.74) is 18.1. The third-order valence-corrected chi connectivity index (χ3v) is 19.6. The van der Waals surface area contributed by atoms with Crippen molar-refractivity contribution in [2.24, 2.45) is 0 Å². The second kappa shape index (κ2) is 17.0. The molecule has 1 aliphatic rings. The molecule has 18 aromatic rings. The van der Waals surface area contributed by atoms with Crippen LogP contribution in [0, 0.1) is 17.9 Å². The van der Waals surface area contributed by atoms with Crippen LogP contribution in [0.15, 0.2) is 255 Å². The van der Waals surface area contributed by atoms with Crippen LogP contribution >= 0.6 is 11.3 Å². The van der Waals surface area contributed by atoms with Crippen LogP contribution in [0.4, 0.5) is 5.69 Å². The second-order valence-electron chi connectivity index (χ2n) is 22.4. The molecule has 390 valence electrons. The van der Waals surface area contributed by atoms with Crippen molar-refractivity contribution in [1.82, 2.24) is 18.3 Å². The molecule has 6 nitrogen and oxygen atoms in total. The van der Waals surface area contributed by atoms with Gasteiger partial charge >= 0.3 is 0 Å². The van der Waals surface area contributed by atoms with E-state index in [-0.39, 0.29) is 0 Å². The Hall–Kier alpha value is -11.5. The van der Waals surface area contributed by atoms with Crippen molar-refractivity contribution in [2.45, 2.75) is 0 Å². The molecule has 0 spiro atoms. The molecule has 0 saturated carbocycles. The number of nitriles is 1. The fourth-order valence-electron chi connectivity index (χ4n) is 15.1. The summed E-state index contributed by atoms with van der Waals surface area (Å²) in [6.07, 6.45) is 0. The average Bonchev–Trinajstić information content (AvgIpc) is 1.75. The van der Waals surface area contributed by atoms with Crippen LogP contribution in [0.2, 0.25) is 0 Å². The molecular formula is C78H42N6S. The molecule has 0 saturated heterocycles. The summed E-state index contributed by atoms with van der Waals surface area (Å²) in [6.45, 7) is 9.98. The highest BCUT2D eigenvalue weighted by Gasteiger charge is 2.36. The molecule has 13 aromatic carbocycles. The molecule has 85 heavy (non-hydrogen) atoms. The van der Waals surface area contributed by atoms with Gasteiger partial charge in [-0.25, -0.2) is 4.85 Å². The minimum Gasteiger partial charge on any atom is -0.318 e. The highest BCUT2D eigenvalue weighted by Crippen LogP contribution is 2.55. The number of nitrogens with zero attached hydrogens (tertiary/aromatic N) is 6. The van der Waals surface area contributed by atoms with E-state index in [1.807, 2.05) is 0 Å². The Kier molecular flexibility index (Phi) is 9.26. The van der Waals surface area contributed by atoms with Crippen LogP contribution in [0.3, 0.4) is 0 Å². The Labute approximate surface area is 489 Å². The Bertz CT molecular complexity index is 5800. The molecule has 19 rings (SSSR count). The maximum Gasteiger partial charge on any atom is 0.237 e. The predicted octanol–water partition coefficient (Wildman–Crippen LogP) is 21.3. The minimum atomic E-state index is 0.357. The number of fused-ring (bicyclic) bond motifs is 19. The van der Waals surface area contributed by atoms with Crippen molar-refractivity contribution >= 4 is 135 Å². The lowest BCUT2D eigenvalue weighted by Gasteiger charge is -2.27. The van der Waals surface area contributed by atoms with Gasteiger partial charge in [0.1, 0.15) is 6.07 Å². The monoisotopic (exact) mass is 1090 g/mol. The summed E-state index contributed by atoms with van der Waals surface area (Å²) in [5, 5.41) is 26.1. The van der Waals surface area contributed by atoms with Gasteiger partial charge in [0.25, 0.3) is 0 Å². The summed E-state index contributed by atoms with van der Waals surface area (Å²) in [6, 6.07) is 94.5. The van der Waals surface area contributed by atoms with Gasteiger partial charge in [0.2, 0.25) is 5.69 Å². The molecule has 0 amide bonds. The Balaban J connectivity index is 1.10. The van der Waals surface area contributed by atoms with Crippen LogP contribution in [0.25, 0.3) is 179 Å². The first-order valence-electron chi connectivity index (χ1n) is 28.7. The molecule has 1 aliphatic carbocycles. The largest absolute Gasteiger partial charge is 0.318 e. The number of hydrogen-bond acceptors (Lipinski definition) is 2. The number of rotatable bonds is 5. The van der Waals surface area contributed by atoms with Crippen molar-refractivity contribution in [3.8, 4) is 62.2 Å². The first-order chi connectivity index (χ1) is 42.2. The minimum absolute atomic E-state index is 0.357. The first kappa shape index (κ1) is 46.2. The molecule has 0 N–H and O–H groups in total. The SMILES string of the molecule is [C-]#[N+]c1c(-n2c3ccccc3c3ccccc32)c(C#N)c(-n2c3ccccc3c3ccccc32)c(-n2c3cccc(-c4ccc5c6c(cccc46)-c4ccccc4-5)c3c3ccc4c5ccccc5sc4c32)c1-n1c2ccccc2c2ccccc21. The van der Waals surface area contributed by atoms with Crippen LogP contribution in [0.5, 0.6) is 0 Å². The van der Waals surface area contributed by atoms with Crippen LogP contribution < -0.4 is 0 Å². The van der Waals surface area contributed by atoms with E-state index in [0.29, 0.717) is 28.3 Å². The lowest BCUT2D eigenvalue weighted by atomic mass is 9.92. The molecule has 0 radical (unpaired) electrons. The third kappa shape index (κ3) is 5.93. The van der Waals surface area contributed by atoms with Crippen molar-refractivity contribution < 1.29 is 0 Å². The quantitative estimate of drug-likeness (QED) is 0.158. The van der Waals surface area contributed by atoms with E-state index in [0.717, 1.165) is 114 Å². The smallest absolute Gasteiger partial charge is 0.237 e. The van der Waals surface area contributed by atoms with Crippen molar-refractivity contribution in [3.63, 3.8) is 0 Å². The van der Waals surface area contributed by atoms with Gasteiger partial charge in [0.15, 0.2) is 0 Å². The molecule has 0 unspecified atom stereocenters. The molecule has 7 heteroatoms. The van der Waals surface area contributed by atoms with E-state index in [2.05, 4.69) is 279 Å². The standard InChI is InChI=1S/C78H42N6S/c1-80-72-73(81-62-32-11-4-22-48(62)49-23-5-12-33-63(49)81)61(44-79)74(82-64-34-13-6-24-50(64)51-25-7-14-35-65(51)82)77(76(72)83-66-36-15-8-26-52(66)53-27-9-16-37-67(53)83)84-68-38-19-31-57(71(68)60-43-42-59-54-28-10-17-39-69(54)85-78(59)75(60)84)47-40-41-58-46-21-3-2-20-45(46)55-29-18-30-56(47)70(55)58/h2-43H. The van der Waals surface area contributed by atoms with E-state index in [1.165, 1.54) is 43.1 Å². The van der Waals surface area contributed by atoms with Gasteiger partial charge in [0.05, 0.1) is 83.7 Å². The third-order valence-electron chi connectivity index (χ3n) is 18.4. The average molecular weight is 1100 g/mol. The summed E-state index contributed by atoms with van der Waals surface area (Å²) < 4.78 is 11.7. The van der Waals surface area contributed by atoms with Crippen LogP contribution in [-0.4, -0.2) is 18.3 Å².